The van der Waals surface area contributed by atoms with Gasteiger partial charge in [-0.2, -0.15) is 0 Å². The van der Waals surface area contributed by atoms with Crippen molar-refractivity contribution in [3.05, 3.63) is 35.9 Å². The number of carbonyl (C=O) groups is 1. The van der Waals surface area contributed by atoms with Crippen LogP contribution in [-0.4, -0.2) is 34.8 Å². The van der Waals surface area contributed by atoms with Crippen LogP contribution in [0.15, 0.2) is 35.3 Å². The molecule has 0 saturated heterocycles. The Morgan fingerprint density at radius 2 is 2.12 bits per heavy atom. The van der Waals surface area contributed by atoms with Gasteiger partial charge in [0.2, 0.25) is 0 Å². The zero-order valence-electron chi connectivity index (χ0n) is 9.88. The number of aliphatic imine (C=N–C) groups is 1. The fourth-order valence-electron chi connectivity index (χ4n) is 2.54. The lowest BCUT2D eigenvalue weighted by Crippen LogP contribution is -2.32. The molecule has 3 rings (SSSR count). The molecule has 1 amide bonds. The molecule has 1 heterocycles. The third kappa shape index (κ3) is 1.43. The second-order valence-electron chi connectivity index (χ2n) is 4.55. The zero-order valence-corrected chi connectivity index (χ0v) is 10.7. The Hall–Kier alpha value is -1.29. The summed E-state index contributed by atoms with van der Waals surface area (Å²) in [5, 5.41) is 0.841. The monoisotopic (exact) mass is 246 g/mol. The molecule has 4 heteroatoms. The van der Waals surface area contributed by atoms with Crippen molar-refractivity contribution in [2.75, 3.05) is 13.3 Å². The van der Waals surface area contributed by atoms with Crippen LogP contribution in [0.4, 0.5) is 0 Å². The van der Waals surface area contributed by atoms with Crippen LogP contribution in [0.2, 0.25) is 0 Å². The second kappa shape index (κ2) is 3.60. The first kappa shape index (κ1) is 10.8. The van der Waals surface area contributed by atoms with E-state index in [1.165, 1.54) is 17.3 Å². The van der Waals surface area contributed by atoms with Gasteiger partial charge in [0.05, 0.1) is 0 Å². The first-order chi connectivity index (χ1) is 8.19. The number of thioether (sulfide) groups is 1. The molecule has 1 saturated carbocycles. The first-order valence-electron chi connectivity index (χ1n) is 5.66. The van der Waals surface area contributed by atoms with E-state index in [1.807, 2.05) is 31.5 Å². The summed E-state index contributed by atoms with van der Waals surface area (Å²) in [6.07, 6.45) is 2.81. The highest BCUT2D eigenvalue weighted by atomic mass is 32.2. The number of amidine groups is 1. The van der Waals surface area contributed by atoms with Crippen molar-refractivity contribution in [1.29, 1.82) is 0 Å². The second-order valence-corrected chi connectivity index (χ2v) is 5.33. The topological polar surface area (TPSA) is 32.7 Å². The summed E-state index contributed by atoms with van der Waals surface area (Å²) >= 11 is 1.54. The van der Waals surface area contributed by atoms with Gasteiger partial charge in [-0.3, -0.25) is 9.69 Å². The van der Waals surface area contributed by atoms with Gasteiger partial charge in [0, 0.05) is 13.0 Å². The minimum atomic E-state index is -0.478. The lowest BCUT2D eigenvalue weighted by Gasteiger charge is -2.10. The van der Waals surface area contributed by atoms with Gasteiger partial charge >= 0.3 is 0 Å². The number of hydrogen-bond acceptors (Lipinski definition) is 3. The number of likely N-dealkylation sites (N-methyl/N-ethyl adjacent to an activating group) is 1. The molecule has 0 bridgehead atoms. The lowest BCUT2D eigenvalue weighted by molar-refractivity contribution is -0.127. The first-order valence-corrected chi connectivity index (χ1v) is 6.88. The Balaban J connectivity index is 1.93. The molecule has 0 aromatic heterocycles. The molecule has 1 aliphatic carbocycles. The highest BCUT2D eigenvalue weighted by molar-refractivity contribution is 8.13. The van der Waals surface area contributed by atoms with Crippen LogP contribution in [0.1, 0.15) is 17.9 Å². The number of rotatable bonds is 1. The predicted octanol–water partition coefficient (Wildman–Crippen LogP) is 2.10. The molecule has 0 N–H and O–H groups in total. The van der Waals surface area contributed by atoms with Crippen LogP contribution in [0, 0.1) is 0 Å². The fraction of sp³-hybridized carbons (Fsp3) is 0.385. The van der Waals surface area contributed by atoms with Gasteiger partial charge in [-0.05, 0) is 18.2 Å². The molecule has 17 heavy (non-hydrogen) atoms. The average molecular weight is 246 g/mol. The van der Waals surface area contributed by atoms with Crippen molar-refractivity contribution >= 4 is 22.8 Å². The quantitative estimate of drug-likeness (QED) is 0.760. The molecule has 1 aromatic rings. The van der Waals surface area contributed by atoms with Crippen LogP contribution in [0.25, 0.3) is 0 Å². The van der Waals surface area contributed by atoms with Crippen molar-refractivity contribution in [2.24, 2.45) is 4.99 Å². The molecule has 1 fully saturated rings. The van der Waals surface area contributed by atoms with Crippen LogP contribution >= 0.6 is 11.8 Å². The van der Waals surface area contributed by atoms with Crippen molar-refractivity contribution in [3.63, 3.8) is 0 Å². The molecule has 3 nitrogen and oxygen atoms in total. The number of amides is 1. The Labute approximate surface area is 105 Å². The SMILES string of the molecule is CSC1=NC2(C[C@H]2c2ccccc2)C(=O)N1C. The van der Waals surface area contributed by atoms with E-state index in [9.17, 15) is 4.79 Å². The van der Waals surface area contributed by atoms with Gasteiger partial charge in [-0.1, -0.05) is 42.1 Å². The summed E-state index contributed by atoms with van der Waals surface area (Å²) in [5.74, 6) is 0.416. The van der Waals surface area contributed by atoms with Crippen LogP contribution in [-0.2, 0) is 4.79 Å². The number of carbonyl (C=O) groups excluding carboxylic acids is 1. The van der Waals surface area contributed by atoms with Gasteiger partial charge in [-0.25, -0.2) is 4.99 Å². The van der Waals surface area contributed by atoms with Gasteiger partial charge < -0.3 is 0 Å². The maximum atomic E-state index is 12.2. The zero-order chi connectivity index (χ0) is 12.0. The van der Waals surface area contributed by atoms with E-state index in [4.69, 9.17) is 0 Å². The highest BCUT2D eigenvalue weighted by Gasteiger charge is 2.65. The Morgan fingerprint density at radius 3 is 2.71 bits per heavy atom. The van der Waals surface area contributed by atoms with Crippen molar-refractivity contribution in [2.45, 2.75) is 17.9 Å². The molecule has 2 atom stereocenters. The fourth-order valence-corrected chi connectivity index (χ4v) is 3.16. The van der Waals surface area contributed by atoms with Crippen LogP contribution in [0.3, 0.4) is 0 Å². The Kier molecular flexibility index (Phi) is 2.30. The van der Waals surface area contributed by atoms with Crippen molar-refractivity contribution < 1.29 is 4.79 Å². The summed E-state index contributed by atoms with van der Waals surface area (Å²) in [5.41, 5.74) is 0.745. The van der Waals surface area contributed by atoms with Crippen LogP contribution < -0.4 is 0 Å². The van der Waals surface area contributed by atoms with E-state index in [0.29, 0.717) is 0 Å². The van der Waals surface area contributed by atoms with Gasteiger partial charge in [0.25, 0.3) is 5.91 Å². The smallest absolute Gasteiger partial charge is 0.256 e. The minimum Gasteiger partial charge on any atom is -0.293 e. The number of nitrogens with zero attached hydrogens (tertiary/aromatic N) is 2. The largest absolute Gasteiger partial charge is 0.293 e. The summed E-state index contributed by atoms with van der Waals surface area (Å²) in [7, 11) is 1.81. The molecule has 1 spiro atoms. The standard InChI is InChI=1S/C13H14N2OS/c1-15-11(16)13(14-12(15)17-2)8-10(13)9-6-4-3-5-7-9/h3-7,10H,8H2,1-2H3/t10-,13?/m0/s1. The van der Waals surface area contributed by atoms with E-state index in [1.54, 1.807) is 4.90 Å². The van der Waals surface area contributed by atoms with Gasteiger partial charge in [0.1, 0.15) is 5.54 Å². The molecule has 1 unspecified atom stereocenters. The molecular weight excluding hydrogens is 232 g/mol. The summed E-state index contributed by atoms with van der Waals surface area (Å²) < 4.78 is 0. The maximum absolute atomic E-state index is 12.2. The normalized spacial score (nSPS) is 30.9. The third-order valence-electron chi connectivity index (χ3n) is 3.57. The Morgan fingerprint density at radius 1 is 1.41 bits per heavy atom. The predicted molar refractivity (Wildman–Crippen MR) is 70.3 cm³/mol. The van der Waals surface area contributed by atoms with E-state index in [-0.39, 0.29) is 11.8 Å². The molecule has 1 aromatic carbocycles. The van der Waals surface area contributed by atoms with Crippen molar-refractivity contribution in [1.82, 2.24) is 4.90 Å². The van der Waals surface area contributed by atoms with E-state index in [2.05, 4.69) is 17.1 Å². The average Bonchev–Trinajstić information content (AvgIpc) is 3.05. The molecule has 1 aliphatic heterocycles. The Bertz CT molecular complexity index is 499. The third-order valence-corrected chi connectivity index (χ3v) is 4.30. The lowest BCUT2D eigenvalue weighted by atomic mass is 10.1. The maximum Gasteiger partial charge on any atom is 0.256 e. The molecule has 2 aliphatic rings. The van der Waals surface area contributed by atoms with Crippen LogP contribution in [0.5, 0.6) is 0 Å². The number of benzene rings is 1. The van der Waals surface area contributed by atoms with Gasteiger partial charge in [0.15, 0.2) is 5.17 Å². The van der Waals surface area contributed by atoms with Crippen molar-refractivity contribution in [3.8, 4) is 0 Å². The molecular formula is C13H14N2OS. The minimum absolute atomic E-state index is 0.149. The molecule has 88 valence electrons. The summed E-state index contributed by atoms with van der Waals surface area (Å²) in [6.45, 7) is 0. The summed E-state index contributed by atoms with van der Waals surface area (Å²) in [4.78, 5) is 18.6. The van der Waals surface area contributed by atoms with Gasteiger partial charge in [-0.15, -0.1) is 0 Å². The van der Waals surface area contributed by atoms with E-state index in [0.717, 1.165) is 11.6 Å². The van der Waals surface area contributed by atoms with E-state index >= 15 is 0 Å². The summed E-state index contributed by atoms with van der Waals surface area (Å²) in [6, 6.07) is 10.2. The molecule has 0 radical (unpaired) electrons. The van der Waals surface area contributed by atoms with E-state index < -0.39 is 5.54 Å². The highest BCUT2D eigenvalue weighted by Crippen LogP contribution is 2.57. The number of hydrogen-bond donors (Lipinski definition) is 0.